The third-order valence-corrected chi connectivity index (χ3v) is 9.60. The summed E-state index contributed by atoms with van der Waals surface area (Å²) in [6.45, 7) is 0. The number of hydrogen-bond acceptors (Lipinski definition) is 5. The van der Waals surface area contributed by atoms with Gasteiger partial charge in [-0.2, -0.15) is 0 Å². The van der Waals surface area contributed by atoms with Crippen LogP contribution in [-0.4, -0.2) is 56.7 Å². The van der Waals surface area contributed by atoms with E-state index >= 15 is 0 Å². The van der Waals surface area contributed by atoms with Gasteiger partial charge in [0.2, 0.25) is 0 Å². The van der Waals surface area contributed by atoms with Gasteiger partial charge in [0.05, 0.1) is 36.1 Å². The van der Waals surface area contributed by atoms with Gasteiger partial charge in [0.1, 0.15) is 0 Å². The summed E-state index contributed by atoms with van der Waals surface area (Å²) in [4.78, 5) is 24.1. The van der Waals surface area contributed by atoms with Gasteiger partial charge >= 0.3 is 11.9 Å². The molecule has 2 saturated heterocycles. The Morgan fingerprint density at radius 3 is 1.53 bits per heavy atom. The van der Waals surface area contributed by atoms with Crippen molar-refractivity contribution in [2.45, 2.75) is 30.5 Å². The van der Waals surface area contributed by atoms with Crippen LogP contribution in [-0.2, 0) is 23.8 Å². The molecule has 0 aromatic rings. The van der Waals surface area contributed by atoms with E-state index < -0.39 is 32.8 Å². The van der Waals surface area contributed by atoms with E-state index in [0.29, 0.717) is 0 Å². The maximum atomic E-state index is 12.2. The molecule has 2 bridgehead atoms. The summed E-state index contributed by atoms with van der Waals surface area (Å²) in [5.41, 5.74) is 0. The molecule has 0 aromatic carbocycles. The second-order valence-corrected chi connectivity index (χ2v) is 8.89. The molecule has 0 aromatic heterocycles. The number of fused-ring (bicyclic) bond motifs is 2. The second-order valence-electron chi connectivity index (χ2n) is 4.27. The van der Waals surface area contributed by atoms with Gasteiger partial charge in [-0.3, -0.25) is 9.59 Å². The minimum Gasteiger partial charge on any atom is -0.468 e. The topological polar surface area (TPSA) is 61.8 Å². The molecule has 2 heterocycles. The van der Waals surface area contributed by atoms with Crippen molar-refractivity contribution in [3.05, 3.63) is 0 Å². The number of esters is 2. The largest absolute Gasteiger partial charge is 0.468 e. The summed E-state index contributed by atoms with van der Waals surface area (Å²) in [7, 11) is 2.52. The van der Waals surface area contributed by atoms with Crippen molar-refractivity contribution in [3.63, 3.8) is 0 Å². The monoisotopic (exact) mass is 526 g/mol. The van der Waals surface area contributed by atoms with Crippen LogP contribution in [0.25, 0.3) is 0 Å². The third-order valence-electron chi connectivity index (χ3n) is 3.45. The van der Waals surface area contributed by atoms with Crippen LogP contribution in [0.3, 0.4) is 0 Å². The Kier molecular flexibility index (Phi) is 4.45. The molecule has 0 amide bonds. The quantitative estimate of drug-likeness (QED) is 0.404. The minimum absolute atomic E-state index is 0.147. The van der Waals surface area contributed by atoms with Crippen molar-refractivity contribution in [2.75, 3.05) is 14.2 Å². The van der Waals surface area contributed by atoms with Crippen molar-refractivity contribution in [1.82, 2.24) is 0 Å². The van der Waals surface area contributed by atoms with Gasteiger partial charge in [-0.1, -0.05) is 63.7 Å². The molecule has 0 spiro atoms. The zero-order valence-corrected chi connectivity index (χ0v) is 16.2. The van der Waals surface area contributed by atoms with Crippen LogP contribution in [0, 0.1) is 0 Å². The van der Waals surface area contributed by atoms with Gasteiger partial charge in [0.25, 0.3) is 0 Å². The molecule has 0 saturated carbocycles. The Balaban J connectivity index is 2.56. The lowest BCUT2D eigenvalue weighted by Crippen LogP contribution is -2.67. The first-order valence-electron chi connectivity index (χ1n) is 5.25. The van der Waals surface area contributed by atoms with Crippen LogP contribution in [0.4, 0.5) is 0 Å². The van der Waals surface area contributed by atoms with E-state index in [9.17, 15) is 9.59 Å². The van der Waals surface area contributed by atoms with Crippen molar-refractivity contribution in [3.8, 4) is 0 Å². The number of alkyl halides is 4. The Bertz CT molecular complexity index is 394. The van der Waals surface area contributed by atoms with Crippen molar-refractivity contribution < 1.29 is 23.8 Å². The van der Waals surface area contributed by atoms with Gasteiger partial charge < -0.3 is 14.2 Å². The van der Waals surface area contributed by atoms with E-state index in [-0.39, 0.29) is 9.65 Å². The molecule has 2 rings (SSSR count). The maximum Gasteiger partial charge on any atom is 0.327 e. The summed E-state index contributed by atoms with van der Waals surface area (Å²) in [5, 5.41) is 0. The summed E-state index contributed by atoms with van der Waals surface area (Å²) >= 11 is 13.7. The molecule has 0 N–H and O–H groups in total. The Morgan fingerprint density at radius 1 is 0.947 bits per heavy atom. The predicted octanol–water partition coefficient (Wildman–Crippen LogP) is 1.91. The fourth-order valence-corrected chi connectivity index (χ4v) is 6.70. The number of ether oxygens (including phenoxy) is 3. The molecule has 5 nitrogen and oxygen atoms in total. The molecule has 19 heavy (non-hydrogen) atoms. The van der Waals surface area contributed by atoms with E-state index in [0.717, 1.165) is 0 Å². The molecule has 2 aliphatic heterocycles. The highest BCUT2D eigenvalue weighted by Gasteiger charge is 2.80. The fourth-order valence-electron chi connectivity index (χ4n) is 2.51. The van der Waals surface area contributed by atoms with Gasteiger partial charge in [-0.15, -0.1) is 0 Å². The van der Waals surface area contributed by atoms with Gasteiger partial charge in [-0.25, -0.2) is 0 Å². The van der Waals surface area contributed by atoms with E-state index in [1.807, 2.05) is 0 Å². The smallest absolute Gasteiger partial charge is 0.327 e. The van der Waals surface area contributed by atoms with Crippen LogP contribution < -0.4 is 0 Å². The minimum atomic E-state index is -1.36. The predicted molar refractivity (Wildman–Crippen MR) is 81.4 cm³/mol. The molecule has 0 unspecified atom stereocenters. The zero-order valence-electron chi connectivity index (χ0n) is 9.86. The summed E-state index contributed by atoms with van der Waals surface area (Å²) in [6, 6.07) is 0. The highest BCUT2D eigenvalue weighted by Crippen LogP contribution is 2.61. The lowest BCUT2D eigenvalue weighted by Gasteiger charge is -2.42. The first kappa shape index (κ1) is 16.2. The summed E-state index contributed by atoms with van der Waals surface area (Å²) in [6.07, 6.45) is -1.15. The average molecular weight is 530 g/mol. The molecular formula is C10H10Br4O5. The number of carbonyl (C=O) groups is 2. The molecule has 6 atom stereocenters. The van der Waals surface area contributed by atoms with Crippen LogP contribution >= 0.6 is 63.7 Å². The van der Waals surface area contributed by atoms with Crippen molar-refractivity contribution >= 4 is 75.7 Å². The zero-order chi connectivity index (χ0) is 14.6. The molecule has 0 aliphatic carbocycles. The van der Waals surface area contributed by atoms with E-state index in [1.54, 1.807) is 0 Å². The lowest BCUT2D eigenvalue weighted by molar-refractivity contribution is -0.152. The number of methoxy groups -OCH3 is 2. The van der Waals surface area contributed by atoms with Crippen LogP contribution in [0.2, 0.25) is 0 Å². The Morgan fingerprint density at radius 2 is 1.26 bits per heavy atom. The first-order chi connectivity index (χ1) is 8.76. The molecular weight excluding hydrogens is 520 g/mol. The van der Waals surface area contributed by atoms with Crippen LogP contribution in [0.1, 0.15) is 0 Å². The second kappa shape index (κ2) is 5.23. The highest BCUT2D eigenvalue weighted by atomic mass is 79.9. The van der Waals surface area contributed by atoms with Crippen LogP contribution in [0.15, 0.2) is 0 Å². The van der Waals surface area contributed by atoms with Crippen molar-refractivity contribution in [2.24, 2.45) is 0 Å². The van der Waals surface area contributed by atoms with Gasteiger partial charge in [0.15, 0.2) is 8.65 Å². The SMILES string of the molecule is COC(=O)[C@@]1(Br)[C@H]2O[C@@H]([C@H](Br)[C@@H]2Br)[C@@]1(Br)C(=O)OC. The van der Waals surface area contributed by atoms with E-state index in [1.165, 1.54) is 14.2 Å². The Labute approximate surface area is 143 Å². The van der Waals surface area contributed by atoms with Crippen molar-refractivity contribution in [1.29, 1.82) is 0 Å². The average Bonchev–Trinajstić information content (AvgIpc) is 2.83. The van der Waals surface area contributed by atoms with E-state index in [2.05, 4.69) is 63.7 Å². The Hall–Kier alpha value is 0.820. The molecule has 0 radical (unpaired) electrons. The van der Waals surface area contributed by atoms with E-state index in [4.69, 9.17) is 14.2 Å². The first-order valence-corrected chi connectivity index (χ1v) is 8.66. The number of hydrogen-bond donors (Lipinski definition) is 0. The maximum absolute atomic E-state index is 12.2. The summed E-state index contributed by atoms with van der Waals surface area (Å²) in [5.74, 6) is -1.18. The normalized spacial score (nSPS) is 48.1. The molecule has 2 fully saturated rings. The number of rotatable bonds is 2. The summed E-state index contributed by atoms with van der Waals surface area (Å²) < 4.78 is 12.7. The number of halogens is 4. The highest BCUT2D eigenvalue weighted by molar-refractivity contribution is 9.14. The number of carbonyl (C=O) groups excluding carboxylic acids is 2. The molecule has 9 heteroatoms. The fraction of sp³-hybridized carbons (Fsp3) is 0.800. The van der Waals surface area contributed by atoms with Crippen LogP contribution in [0.5, 0.6) is 0 Å². The molecule has 2 aliphatic rings. The standard InChI is InChI=1S/C10H10Br4O5/c1-17-7(15)9(13)5-3(11)4(12)6(19-5)10(9,14)8(16)18-2/h3-6H,1-2H3/t3-,4+,5-,6-,9-,10+/m0/s1. The molecule has 108 valence electrons. The van der Waals surface area contributed by atoms with Gasteiger partial charge in [-0.05, 0) is 0 Å². The third kappa shape index (κ3) is 1.84. The van der Waals surface area contributed by atoms with Gasteiger partial charge in [0, 0.05) is 0 Å². The lowest BCUT2D eigenvalue weighted by atomic mass is 9.78.